The van der Waals surface area contributed by atoms with Crippen LogP contribution in [0, 0.1) is 12.7 Å². The molecule has 0 radical (unpaired) electrons. The first kappa shape index (κ1) is 17.4. The van der Waals surface area contributed by atoms with E-state index in [0.29, 0.717) is 18.7 Å². The fourth-order valence-corrected chi connectivity index (χ4v) is 3.90. The average Bonchev–Trinajstić information content (AvgIpc) is 2.42. The molecule has 0 heterocycles. The summed E-state index contributed by atoms with van der Waals surface area (Å²) in [4.78, 5) is 0.0195. The van der Waals surface area contributed by atoms with Gasteiger partial charge in [0.1, 0.15) is 5.82 Å². The summed E-state index contributed by atoms with van der Waals surface area (Å²) >= 11 is 5.70. The predicted octanol–water partition coefficient (Wildman–Crippen LogP) is 3.68. The van der Waals surface area contributed by atoms with E-state index < -0.39 is 15.8 Å². The van der Waals surface area contributed by atoms with Gasteiger partial charge in [-0.25, -0.2) is 12.8 Å². The Balaban J connectivity index is 3.29. The van der Waals surface area contributed by atoms with Crippen molar-refractivity contribution in [1.82, 2.24) is 4.31 Å². The van der Waals surface area contributed by atoms with Crippen molar-refractivity contribution in [2.75, 3.05) is 13.1 Å². The van der Waals surface area contributed by atoms with Crippen molar-refractivity contribution in [3.8, 4) is 0 Å². The van der Waals surface area contributed by atoms with Gasteiger partial charge in [0.15, 0.2) is 0 Å². The molecule has 0 N–H and O–H groups in total. The molecule has 0 aliphatic carbocycles. The van der Waals surface area contributed by atoms with Crippen molar-refractivity contribution in [3.05, 3.63) is 29.1 Å². The van der Waals surface area contributed by atoms with Gasteiger partial charge in [-0.15, -0.1) is 11.6 Å². The Morgan fingerprint density at radius 3 is 2.45 bits per heavy atom. The number of sulfonamides is 1. The first-order valence-corrected chi connectivity index (χ1v) is 8.71. The van der Waals surface area contributed by atoms with Gasteiger partial charge in [0, 0.05) is 24.5 Å². The zero-order valence-electron chi connectivity index (χ0n) is 12.1. The first-order valence-electron chi connectivity index (χ1n) is 6.73. The van der Waals surface area contributed by atoms with E-state index in [1.54, 1.807) is 6.92 Å². The molecular weight excluding hydrogens is 301 g/mol. The molecule has 0 fully saturated rings. The monoisotopic (exact) mass is 321 g/mol. The number of unbranched alkanes of at least 4 members (excludes halogenated alkanes) is 1. The van der Waals surface area contributed by atoms with Gasteiger partial charge in [-0.3, -0.25) is 0 Å². The minimum absolute atomic E-state index is 0.0195. The zero-order chi connectivity index (χ0) is 15.3. The van der Waals surface area contributed by atoms with Gasteiger partial charge < -0.3 is 0 Å². The average molecular weight is 322 g/mol. The summed E-state index contributed by atoms with van der Waals surface area (Å²) in [6, 6.07) is 2.75. The van der Waals surface area contributed by atoms with E-state index in [1.807, 2.05) is 6.92 Å². The van der Waals surface area contributed by atoms with Gasteiger partial charge in [0.05, 0.1) is 4.90 Å². The minimum atomic E-state index is -3.67. The molecule has 0 amide bonds. The van der Waals surface area contributed by atoms with Crippen molar-refractivity contribution in [1.29, 1.82) is 0 Å². The highest BCUT2D eigenvalue weighted by Gasteiger charge is 2.26. The van der Waals surface area contributed by atoms with Crippen LogP contribution < -0.4 is 0 Å². The van der Waals surface area contributed by atoms with Crippen LogP contribution in [0.5, 0.6) is 0 Å². The van der Waals surface area contributed by atoms with Gasteiger partial charge in [0.2, 0.25) is 10.0 Å². The summed E-state index contributed by atoms with van der Waals surface area (Å²) < 4.78 is 40.5. The lowest BCUT2D eigenvalue weighted by Crippen LogP contribution is -2.32. The summed E-state index contributed by atoms with van der Waals surface area (Å²) in [6.45, 7) is 6.08. The minimum Gasteiger partial charge on any atom is -0.207 e. The second kappa shape index (κ2) is 7.38. The molecular formula is C14H21ClFNO2S. The third kappa shape index (κ3) is 3.71. The van der Waals surface area contributed by atoms with Gasteiger partial charge in [0.25, 0.3) is 0 Å². The summed E-state index contributed by atoms with van der Waals surface area (Å²) in [5.41, 5.74) is 0.619. The van der Waals surface area contributed by atoms with E-state index in [2.05, 4.69) is 0 Å². The molecule has 0 aliphatic rings. The molecule has 0 saturated heterocycles. The highest BCUT2D eigenvalue weighted by molar-refractivity contribution is 7.89. The third-order valence-electron chi connectivity index (χ3n) is 3.24. The molecule has 6 heteroatoms. The Bertz CT molecular complexity index is 561. The van der Waals surface area contributed by atoms with E-state index in [9.17, 15) is 12.8 Å². The van der Waals surface area contributed by atoms with Crippen LogP contribution in [0.2, 0.25) is 0 Å². The van der Waals surface area contributed by atoms with Gasteiger partial charge in [-0.1, -0.05) is 20.3 Å². The number of hydrogen-bond donors (Lipinski definition) is 0. The number of halogens is 2. The normalized spacial score (nSPS) is 12.1. The van der Waals surface area contributed by atoms with Crippen LogP contribution in [0.1, 0.15) is 37.8 Å². The van der Waals surface area contributed by atoms with Crippen molar-refractivity contribution in [2.45, 2.75) is 44.4 Å². The number of nitrogens with zero attached hydrogens (tertiary/aromatic N) is 1. The molecule has 0 atom stereocenters. The molecule has 0 saturated carbocycles. The molecule has 114 valence electrons. The molecule has 1 rings (SSSR count). The molecule has 0 bridgehead atoms. The fraction of sp³-hybridized carbons (Fsp3) is 0.571. The number of benzene rings is 1. The van der Waals surface area contributed by atoms with Gasteiger partial charge >= 0.3 is 0 Å². The van der Waals surface area contributed by atoms with Crippen LogP contribution in [0.3, 0.4) is 0 Å². The fourth-order valence-electron chi connectivity index (χ4n) is 1.97. The maximum absolute atomic E-state index is 13.8. The number of alkyl halides is 1. The van der Waals surface area contributed by atoms with Crippen LogP contribution in [0.15, 0.2) is 17.0 Å². The summed E-state index contributed by atoms with van der Waals surface area (Å²) in [6.07, 6.45) is 1.69. The Morgan fingerprint density at radius 2 is 1.95 bits per heavy atom. The lowest BCUT2D eigenvalue weighted by molar-refractivity contribution is 0.418. The number of hydrogen-bond acceptors (Lipinski definition) is 2. The second-order valence-corrected chi connectivity index (χ2v) is 6.86. The van der Waals surface area contributed by atoms with Crippen LogP contribution in [0.4, 0.5) is 4.39 Å². The van der Waals surface area contributed by atoms with Crippen molar-refractivity contribution in [2.24, 2.45) is 0 Å². The van der Waals surface area contributed by atoms with Crippen LogP contribution in [-0.4, -0.2) is 25.8 Å². The quantitative estimate of drug-likeness (QED) is 0.718. The zero-order valence-corrected chi connectivity index (χ0v) is 13.7. The van der Waals surface area contributed by atoms with E-state index in [-0.39, 0.29) is 16.3 Å². The molecule has 0 unspecified atom stereocenters. The van der Waals surface area contributed by atoms with E-state index in [1.165, 1.54) is 23.4 Å². The lowest BCUT2D eigenvalue weighted by atomic mass is 10.1. The van der Waals surface area contributed by atoms with Crippen molar-refractivity contribution >= 4 is 21.6 Å². The van der Waals surface area contributed by atoms with Gasteiger partial charge in [-0.2, -0.15) is 4.31 Å². The predicted molar refractivity (Wildman–Crippen MR) is 80.0 cm³/mol. The molecule has 0 spiro atoms. The third-order valence-corrected chi connectivity index (χ3v) is 5.65. The molecule has 3 nitrogen and oxygen atoms in total. The van der Waals surface area contributed by atoms with Crippen LogP contribution in [0.25, 0.3) is 0 Å². The summed E-state index contributed by atoms with van der Waals surface area (Å²) in [5.74, 6) is -0.450. The topological polar surface area (TPSA) is 37.4 Å². The Kier molecular flexibility index (Phi) is 6.43. The second-order valence-electron chi connectivity index (χ2n) is 4.68. The summed E-state index contributed by atoms with van der Waals surface area (Å²) in [5, 5.41) is 0. The standard InChI is InChI=1S/C14H21ClFNO2S/c1-4-6-7-17(5-2)20(18,19)14-9-12(10-15)8-13(16)11(14)3/h8-9H,4-7,10H2,1-3H3. The van der Waals surface area contributed by atoms with Crippen LogP contribution >= 0.6 is 11.6 Å². The highest BCUT2D eigenvalue weighted by atomic mass is 35.5. The molecule has 1 aromatic rings. The Hall–Kier alpha value is -0.650. The molecule has 1 aromatic carbocycles. The number of rotatable bonds is 7. The summed E-state index contributed by atoms with van der Waals surface area (Å²) in [7, 11) is -3.67. The Morgan fingerprint density at radius 1 is 1.30 bits per heavy atom. The Labute approximate surface area is 125 Å². The van der Waals surface area contributed by atoms with Crippen LogP contribution in [-0.2, 0) is 15.9 Å². The van der Waals surface area contributed by atoms with E-state index in [0.717, 1.165) is 12.8 Å². The van der Waals surface area contributed by atoms with Gasteiger partial charge in [-0.05, 0) is 31.0 Å². The smallest absolute Gasteiger partial charge is 0.207 e. The first-order chi connectivity index (χ1) is 9.38. The maximum Gasteiger partial charge on any atom is 0.243 e. The highest BCUT2D eigenvalue weighted by Crippen LogP contribution is 2.25. The molecule has 0 aromatic heterocycles. The SMILES string of the molecule is CCCCN(CC)S(=O)(=O)c1cc(CCl)cc(F)c1C. The van der Waals surface area contributed by atoms with Crippen molar-refractivity contribution in [3.63, 3.8) is 0 Å². The molecule has 0 aliphatic heterocycles. The van der Waals surface area contributed by atoms with E-state index >= 15 is 0 Å². The maximum atomic E-state index is 13.8. The largest absolute Gasteiger partial charge is 0.243 e. The van der Waals surface area contributed by atoms with Crippen molar-refractivity contribution < 1.29 is 12.8 Å². The molecule has 20 heavy (non-hydrogen) atoms. The lowest BCUT2D eigenvalue weighted by Gasteiger charge is -2.22. The van der Waals surface area contributed by atoms with E-state index in [4.69, 9.17) is 11.6 Å².